The lowest BCUT2D eigenvalue weighted by Crippen LogP contribution is -2.46. The molecule has 0 saturated heterocycles. The zero-order valence-electron chi connectivity index (χ0n) is 23.8. The number of Topliss-reactive ketones (excluding diaryl/α,β-unsaturated/α-hetero) is 2. The van der Waals surface area contributed by atoms with Crippen LogP contribution in [0.4, 0.5) is 0 Å². The summed E-state index contributed by atoms with van der Waals surface area (Å²) in [5, 5.41) is 2.86. The van der Waals surface area contributed by atoms with Gasteiger partial charge < -0.3 is 35.7 Å². The van der Waals surface area contributed by atoms with Gasteiger partial charge in [-0.25, -0.2) is 0 Å². The van der Waals surface area contributed by atoms with Crippen LogP contribution in [-0.2, 0) is 38.1 Å². The number of carbonyl (C=O) groups excluding carboxylic acids is 4. The van der Waals surface area contributed by atoms with Crippen molar-refractivity contribution >= 4 is 23.4 Å². The molecule has 0 bridgehead atoms. The summed E-state index contributed by atoms with van der Waals surface area (Å²) in [6.45, 7) is 11.2. The summed E-state index contributed by atoms with van der Waals surface area (Å²) >= 11 is 0. The third kappa shape index (κ3) is 19.2. The molecule has 11 heteroatoms. The molecule has 0 rings (SSSR count). The SMILES string of the molecule is CC(C)C(=O)[C@H](CCCCC(N)=O)NC(=O)[C@@H](CC(=O)CCOCCOCCOCCOCCN)C(C)C. The molecule has 38 heavy (non-hydrogen) atoms. The van der Waals surface area contributed by atoms with Crippen molar-refractivity contribution in [2.75, 3.05) is 59.4 Å². The smallest absolute Gasteiger partial charge is 0.224 e. The molecule has 0 aromatic heterocycles. The third-order valence-corrected chi connectivity index (χ3v) is 5.89. The first kappa shape index (κ1) is 36.1. The molecule has 2 atom stereocenters. The highest BCUT2D eigenvalue weighted by Gasteiger charge is 2.29. The van der Waals surface area contributed by atoms with Gasteiger partial charge in [-0.2, -0.15) is 0 Å². The molecule has 0 aromatic carbocycles. The maximum Gasteiger partial charge on any atom is 0.224 e. The van der Waals surface area contributed by atoms with E-state index in [1.165, 1.54) is 0 Å². The van der Waals surface area contributed by atoms with Crippen LogP contribution in [0, 0.1) is 17.8 Å². The molecular formula is C27H51N3O8. The minimum atomic E-state index is -0.648. The predicted octanol–water partition coefficient (Wildman–Crippen LogP) is 1.39. The third-order valence-electron chi connectivity index (χ3n) is 5.89. The van der Waals surface area contributed by atoms with Gasteiger partial charge in [0.2, 0.25) is 11.8 Å². The Bertz CT molecular complexity index is 673. The number of nitrogens with two attached hydrogens (primary N) is 2. The van der Waals surface area contributed by atoms with Gasteiger partial charge in [-0.1, -0.05) is 34.1 Å². The van der Waals surface area contributed by atoms with E-state index in [2.05, 4.69) is 5.32 Å². The van der Waals surface area contributed by atoms with E-state index in [0.717, 1.165) is 0 Å². The second kappa shape index (κ2) is 23.0. The molecule has 0 spiro atoms. The lowest BCUT2D eigenvalue weighted by atomic mass is 9.88. The van der Waals surface area contributed by atoms with Crippen LogP contribution in [0.1, 0.15) is 66.2 Å². The lowest BCUT2D eigenvalue weighted by molar-refractivity contribution is -0.134. The van der Waals surface area contributed by atoms with Crippen LogP contribution >= 0.6 is 0 Å². The number of amides is 2. The fourth-order valence-corrected chi connectivity index (χ4v) is 3.62. The van der Waals surface area contributed by atoms with Crippen LogP contribution in [-0.4, -0.2) is 88.8 Å². The average Bonchev–Trinajstić information content (AvgIpc) is 2.86. The first-order valence-electron chi connectivity index (χ1n) is 13.7. The number of nitrogens with one attached hydrogen (secondary N) is 1. The number of hydrogen-bond donors (Lipinski definition) is 3. The second-order valence-electron chi connectivity index (χ2n) is 9.91. The molecule has 222 valence electrons. The Labute approximate surface area is 228 Å². The Kier molecular flexibility index (Phi) is 21.8. The normalized spacial score (nSPS) is 13.0. The molecular weight excluding hydrogens is 494 g/mol. The van der Waals surface area contributed by atoms with Crippen LogP contribution in [0.25, 0.3) is 0 Å². The molecule has 0 heterocycles. The van der Waals surface area contributed by atoms with Gasteiger partial charge in [-0.3, -0.25) is 19.2 Å². The summed E-state index contributed by atoms with van der Waals surface area (Å²) in [5.74, 6) is -1.69. The minimum absolute atomic E-state index is 0.0648. The van der Waals surface area contributed by atoms with Gasteiger partial charge >= 0.3 is 0 Å². The molecule has 0 unspecified atom stereocenters. The van der Waals surface area contributed by atoms with Gasteiger partial charge in [-0.15, -0.1) is 0 Å². The molecule has 2 amide bonds. The maximum atomic E-state index is 13.0. The van der Waals surface area contributed by atoms with Crippen molar-refractivity contribution in [2.45, 2.75) is 72.3 Å². The van der Waals surface area contributed by atoms with Crippen molar-refractivity contribution in [2.24, 2.45) is 29.2 Å². The summed E-state index contributed by atoms with van der Waals surface area (Å²) in [4.78, 5) is 49.2. The van der Waals surface area contributed by atoms with E-state index in [9.17, 15) is 19.2 Å². The van der Waals surface area contributed by atoms with Gasteiger partial charge in [0.25, 0.3) is 0 Å². The van der Waals surface area contributed by atoms with E-state index >= 15 is 0 Å². The van der Waals surface area contributed by atoms with Crippen LogP contribution in [0.15, 0.2) is 0 Å². The van der Waals surface area contributed by atoms with Gasteiger partial charge in [0, 0.05) is 37.6 Å². The number of primary amides is 1. The van der Waals surface area contributed by atoms with Crippen molar-refractivity contribution in [3.63, 3.8) is 0 Å². The summed E-state index contributed by atoms with van der Waals surface area (Å²) in [7, 11) is 0. The highest BCUT2D eigenvalue weighted by atomic mass is 16.6. The van der Waals surface area contributed by atoms with E-state index in [4.69, 9.17) is 30.4 Å². The molecule has 0 fully saturated rings. The van der Waals surface area contributed by atoms with Crippen LogP contribution in [0.3, 0.4) is 0 Å². The molecule has 0 aliphatic heterocycles. The molecule has 0 saturated carbocycles. The van der Waals surface area contributed by atoms with E-state index in [1.54, 1.807) is 13.8 Å². The first-order valence-corrected chi connectivity index (χ1v) is 13.7. The predicted molar refractivity (Wildman–Crippen MR) is 144 cm³/mol. The van der Waals surface area contributed by atoms with E-state index in [-0.39, 0.29) is 61.1 Å². The fraction of sp³-hybridized carbons (Fsp3) is 0.852. The quantitative estimate of drug-likeness (QED) is 0.136. The molecule has 0 radical (unpaired) electrons. The van der Waals surface area contributed by atoms with Gasteiger partial charge in [0.15, 0.2) is 5.78 Å². The van der Waals surface area contributed by atoms with Crippen LogP contribution < -0.4 is 16.8 Å². The van der Waals surface area contributed by atoms with Gasteiger partial charge in [0.1, 0.15) is 5.78 Å². The topological polar surface area (TPSA) is 169 Å². The first-order chi connectivity index (χ1) is 18.1. The molecule has 0 aliphatic rings. The van der Waals surface area contributed by atoms with E-state index < -0.39 is 12.0 Å². The van der Waals surface area contributed by atoms with Crippen molar-refractivity contribution in [3.8, 4) is 0 Å². The van der Waals surface area contributed by atoms with Crippen molar-refractivity contribution in [3.05, 3.63) is 0 Å². The Morgan fingerprint density at radius 2 is 1.26 bits per heavy atom. The maximum absolute atomic E-state index is 13.0. The zero-order chi connectivity index (χ0) is 28.8. The number of ether oxygens (including phenoxy) is 4. The van der Waals surface area contributed by atoms with Crippen LogP contribution in [0.2, 0.25) is 0 Å². The minimum Gasteiger partial charge on any atom is -0.379 e. The summed E-state index contributed by atoms with van der Waals surface area (Å²) in [6, 6.07) is -0.648. The van der Waals surface area contributed by atoms with E-state index in [1.807, 2.05) is 13.8 Å². The highest BCUT2D eigenvalue weighted by molar-refractivity contribution is 5.92. The fourth-order valence-electron chi connectivity index (χ4n) is 3.62. The van der Waals surface area contributed by atoms with E-state index in [0.29, 0.717) is 72.1 Å². The Balaban J connectivity index is 4.33. The van der Waals surface area contributed by atoms with Crippen molar-refractivity contribution in [1.82, 2.24) is 5.32 Å². The number of carbonyl (C=O) groups is 4. The molecule has 0 aliphatic carbocycles. The number of unbranched alkanes of at least 4 members (excludes halogenated alkanes) is 1. The molecule has 11 nitrogen and oxygen atoms in total. The van der Waals surface area contributed by atoms with Crippen LogP contribution in [0.5, 0.6) is 0 Å². The molecule has 5 N–H and O–H groups in total. The summed E-state index contributed by atoms with van der Waals surface area (Å²) < 4.78 is 21.4. The zero-order valence-corrected chi connectivity index (χ0v) is 23.8. The largest absolute Gasteiger partial charge is 0.379 e. The molecule has 0 aromatic rings. The standard InChI is InChI=1S/C27H51N3O8/c1-20(2)23(27(34)30-24(26(33)21(3)4)7-5-6-8-25(29)32)19-22(31)9-11-35-13-15-37-17-18-38-16-14-36-12-10-28/h20-21,23-24H,5-19,28H2,1-4H3,(H2,29,32)(H,30,34)/t23-,24-/m0/s1. The summed E-state index contributed by atoms with van der Waals surface area (Å²) in [5.41, 5.74) is 10.5. The number of ketones is 2. The second-order valence-corrected chi connectivity index (χ2v) is 9.91. The van der Waals surface area contributed by atoms with Gasteiger partial charge in [0.05, 0.1) is 58.9 Å². The number of rotatable bonds is 26. The Morgan fingerprint density at radius 3 is 1.74 bits per heavy atom. The Morgan fingerprint density at radius 1 is 0.737 bits per heavy atom. The van der Waals surface area contributed by atoms with Crippen molar-refractivity contribution in [1.29, 1.82) is 0 Å². The van der Waals surface area contributed by atoms with Gasteiger partial charge in [-0.05, 0) is 18.8 Å². The summed E-state index contributed by atoms with van der Waals surface area (Å²) in [6.07, 6.45) is 2.11. The highest BCUT2D eigenvalue weighted by Crippen LogP contribution is 2.19. The van der Waals surface area contributed by atoms with Crippen molar-refractivity contribution < 1.29 is 38.1 Å². The lowest BCUT2D eigenvalue weighted by Gasteiger charge is -2.25. The monoisotopic (exact) mass is 545 g/mol. The average molecular weight is 546 g/mol. The Hall–Kier alpha value is -1.92. The number of hydrogen-bond acceptors (Lipinski definition) is 9.